The highest BCUT2D eigenvalue weighted by Crippen LogP contribution is 2.27. The maximum atomic E-state index is 11.9. The van der Waals surface area contributed by atoms with Gasteiger partial charge in [-0.05, 0) is 30.9 Å². The van der Waals surface area contributed by atoms with Gasteiger partial charge in [-0.3, -0.25) is 0 Å². The van der Waals surface area contributed by atoms with Crippen molar-refractivity contribution in [1.82, 2.24) is 5.32 Å². The quantitative estimate of drug-likeness (QED) is 0.764. The second kappa shape index (κ2) is 6.40. The van der Waals surface area contributed by atoms with Gasteiger partial charge >= 0.3 is 6.03 Å². The Hall–Kier alpha value is -1.55. The number of urea groups is 1. The Balaban J connectivity index is 1.85. The number of carbonyl (C=O) groups excluding carboxylic acids is 1. The molecule has 0 radical (unpaired) electrons. The van der Waals surface area contributed by atoms with Gasteiger partial charge in [0.25, 0.3) is 0 Å². The summed E-state index contributed by atoms with van der Waals surface area (Å²) in [5.74, 6) is 0.538. The molecule has 4 heteroatoms. The number of benzene rings is 1. The largest absolute Gasteiger partial charge is 0.334 e. The molecule has 4 N–H and O–H groups in total. The van der Waals surface area contributed by atoms with Crippen LogP contribution in [0.15, 0.2) is 30.3 Å². The Morgan fingerprint density at radius 1 is 1.28 bits per heavy atom. The third-order valence-corrected chi connectivity index (χ3v) is 3.57. The van der Waals surface area contributed by atoms with Crippen molar-refractivity contribution in [1.29, 1.82) is 0 Å². The average Bonchev–Trinajstić information content (AvgIpc) is 2.91. The Bertz CT molecular complexity index is 374. The molecule has 1 aromatic carbocycles. The van der Waals surface area contributed by atoms with Crippen LogP contribution >= 0.6 is 0 Å². The zero-order chi connectivity index (χ0) is 12.8. The van der Waals surface area contributed by atoms with Gasteiger partial charge < -0.3 is 16.4 Å². The molecular weight excluding hydrogens is 226 g/mol. The molecule has 18 heavy (non-hydrogen) atoms. The fraction of sp³-hybridized carbons (Fsp3) is 0.500. The summed E-state index contributed by atoms with van der Waals surface area (Å²) in [4.78, 5) is 11.9. The fourth-order valence-electron chi connectivity index (χ4n) is 2.59. The molecule has 1 atom stereocenters. The van der Waals surface area contributed by atoms with Gasteiger partial charge in [-0.1, -0.05) is 31.0 Å². The van der Waals surface area contributed by atoms with Gasteiger partial charge in [0.05, 0.1) is 0 Å². The number of nitrogens with two attached hydrogens (primary N) is 1. The van der Waals surface area contributed by atoms with Crippen LogP contribution in [0.2, 0.25) is 0 Å². The van der Waals surface area contributed by atoms with E-state index in [0.29, 0.717) is 12.5 Å². The van der Waals surface area contributed by atoms with Crippen LogP contribution in [-0.2, 0) is 0 Å². The van der Waals surface area contributed by atoms with E-state index < -0.39 is 0 Å². The highest BCUT2D eigenvalue weighted by atomic mass is 16.2. The van der Waals surface area contributed by atoms with E-state index in [-0.39, 0.29) is 12.1 Å². The molecule has 4 nitrogen and oxygen atoms in total. The summed E-state index contributed by atoms with van der Waals surface area (Å²) < 4.78 is 0. The minimum Gasteiger partial charge on any atom is -0.334 e. The summed E-state index contributed by atoms with van der Waals surface area (Å²) >= 11 is 0. The lowest BCUT2D eigenvalue weighted by Gasteiger charge is -2.23. The summed E-state index contributed by atoms with van der Waals surface area (Å²) in [7, 11) is 0. The maximum Gasteiger partial charge on any atom is 0.319 e. The number of nitrogens with one attached hydrogen (secondary N) is 2. The van der Waals surface area contributed by atoms with Crippen molar-refractivity contribution < 1.29 is 4.79 Å². The monoisotopic (exact) mass is 247 g/mol. The third kappa shape index (κ3) is 3.47. The molecule has 1 aromatic rings. The van der Waals surface area contributed by atoms with Crippen LogP contribution in [0.3, 0.4) is 0 Å². The average molecular weight is 247 g/mol. The minimum atomic E-state index is -0.163. The second-order valence-corrected chi connectivity index (χ2v) is 4.85. The molecule has 0 aliphatic heterocycles. The zero-order valence-electron chi connectivity index (χ0n) is 10.6. The Morgan fingerprint density at radius 2 is 1.94 bits per heavy atom. The lowest BCUT2D eigenvalue weighted by molar-refractivity contribution is 0.243. The van der Waals surface area contributed by atoms with Gasteiger partial charge in [0.15, 0.2) is 0 Å². The lowest BCUT2D eigenvalue weighted by atomic mass is 9.98. The number of hydrogen-bond donors (Lipinski definition) is 3. The molecule has 98 valence electrons. The van der Waals surface area contributed by atoms with E-state index >= 15 is 0 Å². The number of anilines is 1. The first-order chi connectivity index (χ1) is 8.79. The standard InChI is InChI=1S/C14H21N3O/c15-10-13(11-6-4-5-7-11)17-14(18)16-12-8-2-1-3-9-12/h1-3,8-9,11,13H,4-7,10,15H2,(H2,16,17,18). The molecule has 0 heterocycles. The fourth-order valence-corrected chi connectivity index (χ4v) is 2.59. The van der Waals surface area contributed by atoms with Gasteiger partial charge in [-0.25, -0.2) is 4.79 Å². The Kier molecular flexibility index (Phi) is 4.59. The van der Waals surface area contributed by atoms with E-state index in [1.807, 2.05) is 30.3 Å². The molecule has 1 aliphatic rings. The van der Waals surface area contributed by atoms with E-state index in [4.69, 9.17) is 5.73 Å². The minimum absolute atomic E-state index is 0.0937. The number of rotatable bonds is 4. The van der Waals surface area contributed by atoms with Crippen LogP contribution in [0.4, 0.5) is 10.5 Å². The van der Waals surface area contributed by atoms with Crippen molar-refractivity contribution in [2.45, 2.75) is 31.7 Å². The molecule has 0 saturated heterocycles. The molecule has 1 unspecified atom stereocenters. The molecule has 0 aromatic heterocycles. The van der Waals surface area contributed by atoms with Crippen molar-refractivity contribution in [3.63, 3.8) is 0 Å². The van der Waals surface area contributed by atoms with Gasteiger partial charge in [0.2, 0.25) is 0 Å². The summed E-state index contributed by atoms with van der Waals surface area (Å²) in [6, 6.07) is 9.38. The molecular formula is C14H21N3O. The molecule has 0 spiro atoms. The number of para-hydroxylation sites is 1. The molecule has 1 saturated carbocycles. The summed E-state index contributed by atoms with van der Waals surface area (Å²) in [5.41, 5.74) is 6.55. The first-order valence-electron chi connectivity index (χ1n) is 6.62. The smallest absolute Gasteiger partial charge is 0.319 e. The lowest BCUT2D eigenvalue weighted by Crippen LogP contribution is -2.46. The highest BCUT2D eigenvalue weighted by molar-refractivity contribution is 5.89. The van der Waals surface area contributed by atoms with E-state index in [2.05, 4.69) is 10.6 Å². The Labute approximate surface area is 108 Å². The number of carbonyl (C=O) groups is 1. The van der Waals surface area contributed by atoms with Crippen LogP contribution in [0.1, 0.15) is 25.7 Å². The normalized spacial score (nSPS) is 17.4. The predicted octanol–water partition coefficient (Wildman–Crippen LogP) is 2.33. The predicted molar refractivity (Wildman–Crippen MR) is 73.4 cm³/mol. The van der Waals surface area contributed by atoms with E-state index in [1.165, 1.54) is 25.7 Å². The summed E-state index contributed by atoms with van der Waals surface area (Å²) in [6.45, 7) is 0.507. The molecule has 1 aliphatic carbocycles. The molecule has 1 fully saturated rings. The van der Waals surface area contributed by atoms with Crippen molar-refractivity contribution in [2.75, 3.05) is 11.9 Å². The van der Waals surface area contributed by atoms with Gasteiger partial charge in [0.1, 0.15) is 0 Å². The van der Waals surface area contributed by atoms with Crippen LogP contribution in [-0.4, -0.2) is 18.6 Å². The first kappa shape index (κ1) is 12.9. The number of amides is 2. The molecule has 2 rings (SSSR count). The van der Waals surface area contributed by atoms with Crippen molar-refractivity contribution in [2.24, 2.45) is 11.7 Å². The van der Waals surface area contributed by atoms with Crippen LogP contribution in [0.25, 0.3) is 0 Å². The summed E-state index contributed by atoms with van der Waals surface area (Å²) in [6.07, 6.45) is 4.85. The SMILES string of the molecule is NCC(NC(=O)Nc1ccccc1)C1CCCC1. The topological polar surface area (TPSA) is 67.1 Å². The van der Waals surface area contributed by atoms with Gasteiger partial charge in [-0.15, -0.1) is 0 Å². The van der Waals surface area contributed by atoms with Crippen LogP contribution < -0.4 is 16.4 Å². The van der Waals surface area contributed by atoms with Crippen LogP contribution in [0, 0.1) is 5.92 Å². The van der Waals surface area contributed by atoms with Crippen molar-refractivity contribution >= 4 is 11.7 Å². The van der Waals surface area contributed by atoms with Gasteiger partial charge in [-0.2, -0.15) is 0 Å². The third-order valence-electron chi connectivity index (χ3n) is 3.57. The van der Waals surface area contributed by atoms with Crippen molar-refractivity contribution in [3.8, 4) is 0 Å². The molecule has 2 amide bonds. The van der Waals surface area contributed by atoms with E-state index in [1.54, 1.807) is 0 Å². The highest BCUT2D eigenvalue weighted by Gasteiger charge is 2.25. The van der Waals surface area contributed by atoms with E-state index in [0.717, 1.165) is 5.69 Å². The Morgan fingerprint density at radius 3 is 2.56 bits per heavy atom. The first-order valence-corrected chi connectivity index (χ1v) is 6.62. The van der Waals surface area contributed by atoms with Gasteiger partial charge in [0, 0.05) is 18.3 Å². The maximum absolute atomic E-state index is 11.9. The number of hydrogen-bond acceptors (Lipinski definition) is 2. The zero-order valence-corrected chi connectivity index (χ0v) is 10.6. The van der Waals surface area contributed by atoms with E-state index in [9.17, 15) is 4.79 Å². The summed E-state index contributed by atoms with van der Waals surface area (Å²) in [5, 5.41) is 5.81. The van der Waals surface area contributed by atoms with Crippen molar-refractivity contribution in [3.05, 3.63) is 30.3 Å². The molecule has 0 bridgehead atoms. The van der Waals surface area contributed by atoms with Crippen LogP contribution in [0.5, 0.6) is 0 Å². The second-order valence-electron chi connectivity index (χ2n) is 4.85.